The fourth-order valence-electron chi connectivity index (χ4n) is 9.88. The summed E-state index contributed by atoms with van der Waals surface area (Å²) in [5, 5.41) is 48.7. The van der Waals surface area contributed by atoms with Crippen LogP contribution in [0.15, 0.2) is 42.7 Å². The molecular weight excluding hydrogens is 677 g/mol. The minimum Gasteiger partial charge on any atom is -0.481 e. The summed E-state index contributed by atoms with van der Waals surface area (Å²) in [5.74, 6) is 0.0675. The highest BCUT2D eigenvalue weighted by Gasteiger charge is 2.51. The quantitative estimate of drug-likeness (QED) is 0.0418. The Labute approximate surface area is 326 Å². The molecule has 0 amide bonds. The molecule has 10 atom stereocenters. The van der Waals surface area contributed by atoms with Crippen LogP contribution in [0.2, 0.25) is 0 Å². The van der Waals surface area contributed by atoms with E-state index in [-0.39, 0.29) is 36.2 Å². The first-order valence-electron chi connectivity index (χ1n) is 21.3. The summed E-state index contributed by atoms with van der Waals surface area (Å²) in [6, 6.07) is 6.15. The highest BCUT2D eigenvalue weighted by atomic mass is 16.4. The van der Waals surface area contributed by atoms with Crippen LogP contribution in [-0.4, -0.2) is 67.8 Å². The van der Waals surface area contributed by atoms with Crippen molar-refractivity contribution >= 4 is 11.8 Å². The van der Waals surface area contributed by atoms with E-state index < -0.39 is 23.6 Å². The van der Waals surface area contributed by atoms with Crippen LogP contribution in [0.3, 0.4) is 0 Å². The molecule has 0 saturated heterocycles. The summed E-state index contributed by atoms with van der Waals surface area (Å²) in [4.78, 5) is 20.2. The number of nitrogen functional groups attached to an aromatic ring is 1. The Morgan fingerprint density at radius 2 is 1.83 bits per heavy atom. The maximum atomic E-state index is 12.8. The minimum atomic E-state index is -1.10. The van der Waals surface area contributed by atoms with E-state index in [4.69, 9.17) is 5.73 Å². The summed E-state index contributed by atoms with van der Waals surface area (Å²) < 4.78 is 0. The zero-order chi connectivity index (χ0) is 39.3. The Bertz CT molecular complexity index is 1430. The Balaban J connectivity index is 1.40. The van der Waals surface area contributed by atoms with Crippen molar-refractivity contribution in [1.29, 1.82) is 0 Å². The molecule has 54 heavy (non-hydrogen) atoms. The summed E-state index contributed by atoms with van der Waals surface area (Å²) >= 11 is 0. The van der Waals surface area contributed by atoms with Crippen LogP contribution in [0.1, 0.15) is 140 Å². The number of hydrogen-bond acceptors (Lipinski definition) is 7. The van der Waals surface area contributed by atoms with Crippen molar-refractivity contribution in [3.63, 3.8) is 0 Å². The van der Waals surface area contributed by atoms with Gasteiger partial charge in [-0.05, 0) is 130 Å². The monoisotopic (exact) mass is 751 g/mol. The molecule has 0 unspecified atom stereocenters. The third kappa shape index (κ3) is 12.9. The Hall–Kier alpha value is -2.72. The van der Waals surface area contributed by atoms with Crippen LogP contribution in [-0.2, 0) is 17.6 Å². The number of anilines is 1. The van der Waals surface area contributed by atoms with Gasteiger partial charge in [-0.1, -0.05) is 78.4 Å². The minimum absolute atomic E-state index is 0.0711. The molecule has 0 aromatic carbocycles. The number of aliphatic carboxylic acids is 1. The second-order valence-electron chi connectivity index (χ2n) is 17.7. The van der Waals surface area contributed by atoms with Gasteiger partial charge >= 0.3 is 5.97 Å². The number of carboxylic acids is 1. The first kappa shape index (κ1) is 44.0. The molecule has 2 aliphatic carbocycles. The van der Waals surface area contributed by atoms with Gasteiger partial charge in [0, 0.05) is 36.5 Å². The van der Waals surface area contributed by atoms with E-state index in [1.165, 1.54) is 24.8 Å². The van der Waals surface area contributed by atoms with Gasteiger partial charge in [-0.3, -0.25) is 4.79 Å². The SMILES string of the molecule is CCCCC[C@@H]1C=C[C@@H](CCCCC[C@H](C(=O)O)[C@H](O)C[C@@H](CNC)[C@]2(O)C[C@H](Cc3ccnc(N)c3)C[C@H]2Cc2cc([C@H](C)CC(C)C)c[nH]2)[C@H](O)C1. The normalized spacial score (nSPS) is 26.6. The Kier molecular flexibility index (Phi) is 17.6. The van der Waals surface area contributed by atoms with Gasteiger partial charge in [0.15, 0.2) is 0 Å². The lowest BCUT2D eigenvalue weighted by atomic mass is 9.73. The van der Waals surface area contributed by atoms with Crippen molar-refractivity contribution in [3.8, 4) is 0 Å². The van der Waals surface area contributed by atoms with E-state index in [2.05, 4.69) is 67.4 Å². The number of H-pyrrole nitrogens is 1. The largest absolute Gasteiger partial charge is 0.481 e. The number of nitrogens with two attached hydrogens (primary N) is 1. The summed E-state index contributed by atoms with van der Waals surface area (Å²) in [7, 11) is 1.86. The van der Waals surface area contributed by atoms with Crippen LogP contribution in [0.4, 0.5) is 5.82 Å². The molecular formula is C45H74N4O5. The maximum Gasteiger partial charge on any atom is 0.309 e. The van der Waals surface area contributed by atoms with Crippen LogP contribution in [0, 0.1) is 41.4 Å². The number of allylic oxidation sites excluding steroid dienone is 1. The fraction of sp³-hybridized carbons (Fsp3) is 0.733. The van der Waals surface area contributed by atoms with E-state index in [9.17, 15) is 25.2 Å². The summed E-state index contributed by atoms with van der Waals surface area (Å²) in [6.45, 7) is 9.45. The maximum absolute atomic E-state index is 12.8. The zero-order valence-electron chi connectivity index (χ0n) is 34.1. The molecule has 2 aromatic heterocycles. The van der Waals surface area contributed by atoms with E-state index in [1.54, 1.807) is 6.20 Å². The first-order valence-corrected chi connectivity index (χ1v) is 21.3. The molecule has 9 heteroatoms. The van der Waals surface area contributed by atoms with Crippen molar-refractivity contribution in [2.45, 2.75) is 154 Å². The summed E-state index contributed by atoms with van der Waals surface area (Å²) in [6.07, 6.45) is 20.5. The molecule has 0 radical (unpaired) electrons. The topological polar surface area (TPSA) is 165 Å². The van der Waals surface area contributed by atoms with Crippen molar-refractivity contribution in [2.24, 2.45) is 41.4 Å². The number of aromatic amines is 1. The number of aliphatic hydroxyl groups is 3. The number of carboxylic acid groups (broad SMARTS) is 1. The van der Waals surface area contributed by atoms with Gasteiger partial charge in [-0.2, -0.15) is 0 Å². The second kappa shape index (κ2) is 21.5. The van der Waals surface area contributed by atoms with Gasteiger partial charge in [-0.15, -0.1) is 0 Å². The van der Waals surface area contributed by atoms with Crippen molar-refractivity contribution < 1.29 is 25.2 Å². The number of pyridine rings is 1. The number of unbranched alkanes of at least 4 members (excludes halogenated alkanes) is 4. The number of carbonyl (C=O) groups is 1. The molecule has 2 aliphatic rings. The molecule has 0 spiro atoms. The van der Waals surface area contributed by atoms with Gasteiger partial charge in [0.25, 0.3) is 0 Å². The molecule has 2 heterocycles. The van der Waals surface area contributed by atoms with Gasteiger partial charge in [0.1, 0.15) is 5.82 Å². The highest BCUT2D eigenvalue weighted by Crippen LogP contribution is 2.48. The predicted octanol–water partition coefficient (Wildman–Crippen LogP) is 8.06. The molecule has 304 valence electrons. The number of aromatic nitrogens is 2. The second-order valence-corrected chi connectivity index (χ2v) is 17.7. The van der Waals surface area contributed by atoms with Crippen molar-refractivity contribution in [3.05, 3.63) is 59.6 Å². The van der Waals surface area contributed by atoms with Gasteiger partial charge < -0.3 is 36.5 Å². The average Bonchev–Trinajstić information content (AvgIpc) is 3.71. The van der Waals surface area contributed by atoms with E-state index >= 15 is 0 Å². The standard InChI is InChI=1S/C45H74N4O5/c1-6-7-9-12-32-15-16-35(41(50)22-32)13-10-8-11-14-40(44(52)53)42(51)26-38(29-47-5)45(54)27-34(20-33-17-18-48-43(46)23-33)21-37(45)25-39-24-36(28-49-39)31(4)19-30(2)3/h15-18,23-24,28,30-32,34-35,37-38,40-42,47,49-51,54H,6-14,19-22,25-27,29H2,1-5H3,(H2,46,48)(H,52,53)/t31-,32-,34-,35-,37+,38+,40+,41-,42-,45+/m1/s1. The lowest BCUT2D eigenvalue weighted by Gasteiger charge is -2.40. The summed E-state index contributed by atoms with van der Waals surface area (Å²) in [5.41, 5.74) is 8.40. The lowest BCUT2D eigenvalue weighted by Crippen LogP contribution is -2.48. The molecule has 0 bridgehead atoms. The Morgan fingerprint density at radius 1 is 1.06 bits per heavy atom. The van der Waals surface area contributed by atoms with Crippen molar-refractivity contribution in [1.82, 2.24) is 15.3 Å². The van der Waals surface area contributed by atoms with E-state index in [1.807, 2.05) is 19.2 Å². The molecule has 4 rings (SSSR count). The molecule has 1 saturated carbocycles. The smallest absolute Gasteiger partial charge is 0.309 e. The van der Waals surface area contributed by atoms with Crippen LogP contribution < -0.4 is 11.1 Å². The third-order valence-electron chi connectivity index (χ3n) is 12.8. The van der Waals surface area contributed by atoms with Gasteiger partial charge in [0.05, 0.1) is 23.7 Å². The highest BCUT2D eigenvalue weighted by molar-refractivity contribution is 5.70. The molecule has 2 aromatic rings. The number of rotatable bonds is 24. The molecule has 0 aliphatic heterocycles. The van der Waals surface area contributed by atoms with Crippen LogP contribution in [0.25, 0.3) is 0 Å². The number of nitrogens with zero attached hydrogens (tertiary/aromatic N) is 1. The molecule has 8 N–H and O–H groups in total. The molecule has 9 nitrogen and oxygen atoms in total. The fourth-order valence-corrected chi connectivity index (χ4v) is 9.88. The van der Waals surface area contributed by atoms with E-state index in [0.29, 0.717) is 55.8 Å². The number of aliphatic hydroxyl groups excluding tert-OH is 2. The number of hydrogen-bond donors (Lipinski definition) is 7. The van der Waals surface area contributed by atoms with Crippen LogP contribution in [0.5, 0.6) is 0 Å². The number of nitrogens with one attached hydrogen (secondary N) is 2. The first-order chi connectivity index (χ1) is 25.8. The van der Waals surface area contributed by atoms with Crippen molar-refractivity contribution in [2.75, 3.05) is 19.3 Å². The van der Waals surface area contributed by atoms with Gasteiger partial charge in [0.2, 0.25) is 0 Å². The third-order valence-corrected chi connectivity index (χ3v) is 12.8. The Morgan fingerprint density at radius 3 is 2.52 bits per heavy atom. The zero-order valence-corrected chi connectivity index (χ0v) is 34.1. The lowest BCUT2D eigenvalue weighted by molar-refractivity contribution is -0.148. The average molecular weight is 751 g/mol. The van der Waals surface area contributed by atoms with Gasteiger partial charge in [-0.25, -0.2) is 4.98 Å². The van der Waals surface area contributed by atoms with E-state index in [0.717, 1.165) is 62.6 Å². The molecule has 1 fully saturated rings. The predicted molar refractivity (Wildman–Crippen MR) is 219 cm³/mol. The van der Waals surface area contributed by atoms with Crippen LogP contribution >= 0.6 is 0 Å².